The van der Waals surface area contributed by atoms with Crippen molar-refractivity contribution in [3.63, 3.8) is 0 Å². The molecule has 17 heavy (non-hydrogen) atoms. The zero-order valence-electron chi connectivity index (χ0n) is 9.42. The molecule has 0 atom stereocenters. The van der Waals surface area contributed by atoms with E-state index in [9.17, 15) is 8.78 Å². The zero-order valence-corrected chi connectivity index (χ0v) is 10.2. The molecule has 1 N–H and O–H groups in total. The van der Waals surface area contributed by atoms with Crippen molar-refractivity contribution in [2.45, 2.75) is 13.5 Å². The van der Waals surface area contributed by atoms with Crippen LogP contribution in [0.3, 0.4) is 0 Å². The van der Waals surface area contributed by atoms with Crippen LogP contribution in [0.25, 0.3) is 6.08 Å². The van der Waals surface area contributed by atoms with E-state index in [0.717, 1.165) is 6.54 Å². The van der Waals surface area contributed by atoms with Crippen molar-refractivity contribution in [1.29, 1.82) is 0 Å². The Morgan fingerprint density at radius 3 is 2.88 bits per heavy atom. The summed E-state index contributed by atoms with van der Waals surface area (Å²) in [5.74, 6) is 0.122. The maximum atomic E-state index is 12.2. The summed E-state index contributed by atoms with van der Waals surface area (Å²) in [5.41, 5.74) is 0.538. The van der Waals surface area contributed by atoms with Gasteiger partial charge >= 0.3 is 6.61 Å². The van der Waals surface area contributed by atoms with Crippen LogP contribution in [0.2, 0.25) is 5.02 Å². The maximum absolute atomic E-state index is 12.2. The van der Waals surface area contributed by atoms with Gasteiger partial charge in [0, 0.05) is 17.1 Å². The average Bonchev–Trinajstić information content (AvgIpc) is 2.27. The van der Waals surface area contributed by atoms with Crippen LogP contribution in [-0.2, 0) is 0 Å². The summed E-state index contributed by atoms with van der Waals surface area (Å²) >= 11 is 5.80. The third-order valence-electron chi connectivity index (χ3n) is 2.00. The second-order valence-corrected chi connectivity index (χ2v) is 3.71. The van der Waals surface area contributed by atoms with Gasteiger partial charge < -0.3 is 10.1 Å². The first-order valence-electron chi connectivity index (χ1n) is 5.25. The Hall–Kier alpha value is -1.13. The van der Waals surface area contributed by atoms with E-state index in [4.69, 9.17) is 11.6 Å². The summed E-state index contributed by atoms with van der Waals surface area (Å²) in [5, 5.41) is 3.57. The van der Waals surface area contributed by atoms with Crippen molar-refractivity contribution in [1.82, 2.24) is 5.32 Å². The van der Waals surface area contributed by atoms with Crippen molar-refractivity contribution < 1.29 is 13.5 Å². The van der Waals surface area contributed by atoms with Gasteiger partial charge in [0.25, 0.3) is 0 Å². The van der Waals surface area contributed by atoms with Gasteiger partial charge in [0.05, 0.1) is 0 Å². The van der Waals surface area contributed by atoms with Gasteiger partial charge in [-0.05, 0) is 24.7 Å². The standard InChI is InChI=1S/C12H14ClF2NO/c1-2-16-7-3-4-9-8-10(13)5-6-11(9)17-12(14)15/h3-6,8,12,16H,2,7H2,1H3. The van der Waals surface area contributed by atoms with Crippen LogP contribution in [0.4, 0.5) is 8.78 Å². The fourth-order valence-corrected chi connectivity index (χ4v) is 1.45. The van der Waals surface area contributed by atoms with E-state index >= 15 is 0 Å². The van der Waals surface area contributed by atoms with Crippen molar-refractivity contribution in [2.75, 3.05) is 13.1 Å². The molecule has 0 spiro atoms. The Morgan fingerprint density at radius 1 is 1.47 bits per heavy atom. The highest BCUT2D eigenvalue weighted by Crippen LogP contribution is 2.25. The molecule has 0 aliphatic rings. The fourth-order valence-electron chi connectivity index (χ4n) is 1.27. The highest BCUT2D eigenvalue weighted by Gasteiger charge is 2.08. The molecule has 94 valence electrons. The molecule has 0 aliphatic heterocycles. The number of alkyl halides is 2. The molecule has 1 aromatic rings. The molecule has 0 saturated heterocycles. The molecule has 2 nitrogen and oxygen atoms in total. The third kappa shape index (κ3) is 5.15. The summed E-state index contributed by atoms with van der Waals surface area (Å²) in [4.78, 5) is 0. The smallest absolute Gasteiger partial charge is 0.387 e. The monoisotopic (exact) mass is 261 g/mol. The van der Waals surface area contributed by atoms with E-state index in [1.165, 1.54) is 12.1 Å². The van der Waals surface area contributed by atoms with Crippen molar-refractivity contribution in [3.05, 3.63) is 34.9 Å². The first kappa shape index (κ1) is 13.9. The van der Waals surface area contributed by atoms with Crippen molar-refractivity contribution in [3.8, 4) is 5.75 Å². The molecule has 0 fully saturated rings. The summed E-state index contributed by atoms with van der Waals surface area (Å²) in [7, 11) is 0. The third-order valence-corrected chi connectivity index (χ3v) is 2.23. The van der Waals surface area contributed by atoms with Gasteiger partial charge in [0.1, 0.15) is 5.75 Å². The Labute approximate surface area is 104 Å². The predicted octanol–water partition coefficient (Wildman–Crippen LogP) is 3.56. The largest absolute Gasteiger partial charge is 0.434 e. The molecule has 0 aliphatic carbocycles. The van der Waals surface area contributed by atoms with Crippen LogP contribution >= 0.6 is 11.6 Å². The summed E-state index contributed by atoms with van der Waals surface area (Å²) in [6, 6.07) is 4.53. The van der Waals surface area contributed by atoms with Crippen LogP contribution in [0.5, 0.6) is 5.75 Å². The number of benzene rings is 1. The van der Waals surface area contributed by atoms with Crippen LogP contribution in [0.15, 0.2) is 24.3 Å². The first-order chi connectivity index (χ1) is 8.13. The van der Waals surface area contributed by atoms with Crippen LogP contribution in [-0.4, -0.2) is 19.7 Å². The van der Waals surface area contributed by atoms with E-state index in [1.807, 2.05) is 13.0 Å². The lowest BCUT2D eigenvalue weighted by Gasteiger charge is -2.08. The molecular weight excluding hydrogens is 248 g/mol. The molecular formula is C12H14ClF2NO. The molecule has 0 heterocycles. The van der Waals surface area contributed by atoms with Crippen LogP contribution < -0.4 is 10.1 Å². The van der Waals surface area contributed by atoms with E-state index in [2.05, 4.69) is 10.1 Å². The number of halogens is 3. The molecule has 0 amide bonds. The summed E-state index contributed by atoms with van der Waals surface area (Å²) < 4.78 is 28.7. The average molecular weight is 262 g/mol. The molecule has 0 unspecified atom stereocenters. The summed E-state index contributed by atoms with van der Waals surface area (Å²) in [6.45, 7) is 0.660. The topological polar surface area (TPSA) is 21.3 Å². The van der Waals surface area contributed by atoms with E-state index in [0.29, 0.717) is 17.1 Å². The highest BCUT2D eigenvalue weighted by atomic mass is 35.5. The molecule has 5 heteroatoms. The van der Waals surface area contributed by atoms with Gasteiger partial charge in [-0.15, -0.1) is 0 Å². The lowest BCUT2D eigenvalue weighted by Crippen LogP contribution is -2.11. The second kappa shape index (κ2) is 7.25. The van der Waals surface area contributed by atoms with E-state index < -0.39 is 6.61 Å². The van der Waals surface area contributed by atoms with Gasteiger partial charge in [-0.25, -0.2) is 0 Å². The van der Waals surface area contributed by atoms with Crippen molar-refractivity contribution >= 4 is 17.7 Å². The number of likely N-dealkylation sites (N-methyl/N-ethyl adjacent to an activating group) is 1. The van der Waals surface area contributed by atoms with Crippen LogP contribution in [0, 0.1) is 0 Å². The molecule has 1 aromatic carbocycles. The number of hydrogen-bond donors (Lipinski definition) is 1. The van der Waals surface area contributed by atoms with E-state index in [1.54, 1.807) is 12.1 Å². The second-order valence-electron chi connectivity index (χ2n) is 3.27. The minimum atomic E-state index is -2.84. The molecule has 0 saturated carbocycles. The Balaban J connectivity index is 2.79. The van der Waals surface area contributed by atoms with Gasteiger partial charge in [-0.1, -0.05) is 30.7 Å². The van der Waals surface area contributed by atoms with Crippen molar-refractivity contribution in [2.24, 2.45) is 0 Å². The summed E-state index contributed by atoms with van der Waals surface area (Å²) in [6.07, 6.45) is 3.53. The van der Waals surface area contributed by atoms with Gasteiger partial charge in [0.15, 0.2) is 0 Å². The van der Waals surface area contributed by atoms with Gasteiger partial charge in [-0.2, -0.15) is 8.78 Å². The SMILES string of the molecule is CCNCC=Cc1cc(Cl)ccc1OC(F)F. The van der Waals surface area contributed by atoms with Gasteiger partial charge in [0.2, 0.25) is 0 Å². The number of ether oxygens (including phenoxy) is 1. The van der Waals surface area contributed by atoms with E-state index in [-0.39, 0.29) is 5.75 Å². The molecule has 0 aromatic heterocycles. The minimum Gasteiger partial charge on any atom is -0.434 e. The molecule has 0 radical (unpaired) electrons. The van der Waals surface area contributed by atoms with Crippen LogP contribution in [0.1, 0.15) is 12.5 Å². The normalized spacial score (nSPS) is 11.4. The first-order valence-corrected chi connectivity index (χ1v) is 5.63. The Bertz CT molecular complexity index is 383. The Morgan fingerprint density at radius 2 is 2.24 bits per heavy atom. The number of rotatable bonds is 6. The lowest BCUT2D eigenvalue weighted by molar-refractivity contribution is -0.0499. The fraction of sp³-hybridized carbons (Fsp3) is 0.333. The van der Waals surface area contributed by atoms with Gasteiger partial charge in [-0.3, -0.25) is 0 Å². The molecule has 0 bridgehead atoms. The maximum Gasteiger partial charge on any atom is 0.387 e. The lowest BCUT2D eigenvalue weighted by atomic mass is 10.2. The predicted molar refractivity (Wildman–Crippen MR) is 65.7 cm³/mol. The number of hydrogen-bond acceptors (Lipinski definition) is 2. The highest BCUT2D eigenvalue weighted by molar-refractivity contribution is 6.30. The molecule has 1 rings (SSSR count). The zero-order chi connectivity index (χ0) is 12.7. The number of nitrogens with one attached hydrogen (secondary N) is 1. The quantitative estimate of drug-likeness (QED) is 0.791. The minimum absolute atomic E-state index is 0.122. The Kier molecular flexibility index (Phi) is 5.94.